The zero-order chi connectivity index (χ0) is 10.7. The highest BCUT2D eigenvalue weighted by Gasteiger charge is 2.04. The van der Waals surface area contributed by atoms with Gasteiger partial charge in [-0.3, -0.25) is 4.98 Å². The smallest absolute Gasteiger partial charge is 0.259 e. The molecular formula is C7H7N7O. The second kappa shape index (κ2) is 3.81. The van der Waals surface area contributed by atoms with Crippen LogP contribution in [0.15, 0.2) is 28.5 Å². The second-order valence-corrected chi connectivity index (χ2v) is 2.76. The Morgan fingerprint density at radius 3 is 3.20 bits per heavy atom. The summed E-state index contributed by atoms with van der Waals surface area (Å²) < 4.78 is 2.62. The van der Waals surface area contributed by atoms with Crippen LogP contribution in [0.2, 0.25) is 0 Å². The first-order valence-electron chi connectivity index (χ1n) is 4.23. The van der Waals surface area contributed by atoms with Gasteiger partial charge in [0, 0.05) is 23.9 Å². The lowest BCUT2D eigenvalue weighted by atomic mass is 10.7. The molecule has 0 aliphatic carbocycles. The van der Waals surface area contributed by atoms with Crippen LogP contribution in [0.25, 0.3) is 16.1 Å². The Bertz CT molecular complexity index is 576. The third-order valence-corrected chi connectivity index (χ3v) is 1.86. The molecule has 0 spiro atoms. The van der Waals surface area contributed by atoms with Crippen molar-refractivity contribution in [2.24, 2.45) is 5.11 Å². The van der Waals surface area contributed by atoms with Gasteiger partial charge in [0.2, 0.25) is 0 Å². The molecule has 2 rings (SSSR count). The number of nitrogens with zero attached hydrogens (tertiary/aromatic N) is 7. The fraction of sp³-hybridized carbons (Fsp3) is 0.286. The van der Waals surface area contributed by atoms with Crippen molar-refractivity contribution < 1.29 is 0 Å². The van der Waals surface area contributed by atoms with Crippen LogP contribution in [0, 0.1) is 0 Å². The van der Waals surface area contributed by atoms with Gasteiger partial charge in [-0.05, 0) is 5.53 Å². The molecule has 0 radical (unpaired) electrons. The lowest BCUT2D eigenvalue weighted by Gasteiger charge is -1.91. The number of rotatable bonds is 3. The summed E-state index contributed by atoms with van der Waals surface area (Å²) in [7, 11) is 0. The van der Waals surface area contributed by atoms with Gasteiger partial charge < -0.3 is 0 Å². The maximum absolute atomic E-state index is 11.6. The molecule has 0 bridgehead atoms. The number of azide groups is 1. The van der Waals surface area contributed by atoms with Crippen molar-refractivity contribution in [2.75, 3.05) is 6.54 Å². The molecule has 15 heavy (non-hydrogen) atoms. The maximum Gasteiger partial charge on any atom is 0.350 e. The minimum absolute atomic E-state index is 0.202. The van der Waals surface area contributed by atoms with Gasteiger partial charge in [-0.2, -0.15) is 0 Å². The van der Waals surface area contributed by atoms with Crippen LogP contribution in [0.3, 0.4) is 0 Å². The van der Waals surface area contributed by atoms with E-state index in [2.05, 4.69) is 20.1 Å². The Morgan fingerprint density at radius 2 is 2.47 bits per heavy atom. The summed E-state index contributed by atoms with van der Waals surface area (Å²) in [5, 5.41) is 7.34. The van der Waals surface area contributed by atoms with Crippen LogP contribution in [0.5, 0.6) is 0 Å². The quantitative estimate of drug-likeness (QED) is 0.406. The van der Waals surface area contributed by atoms with E-state index in [1.165, 1.54) is 27.7 Å². The van der Waals surface area contributed by atoms with Crippen molar-refractivity contribution in [1.82, 2.24) is 19.2 Å². The number of aromatic nitrogens is 4. The molecule has 0 fully saturated rings. The van der Waals surface area contributed by atoms with Crippen LogP contribution < -0.4 is 5.69 Å². The van der Waals surface area contributed by atoms with Gasteiger partial charge in [-0.25, -0.2) is 13.9 Å². The molecule has 0 aliphatic rings. The van der Waals surface area contributed by atoms with Gasteiger partial charge in [0.1, 0.15) is 0 Å². The molecule has 0 aliphatic heterocycles. The Hall–Kier alpha value is -2.34. The predicted molar refractivity (Wildman–Crippen MR) is 51.3 cm³/mol. The topological polar surface area (TPSA) is 101 Å². The highest BCUT2D eigenvalue weighted by Crippen LogP contribution is 1.91. The van der Waals surface area contributed by atoms with E-state index in [1.807, 2.05) is 0 Å². The van der Waals surface area contributed by atoms with Crippen LogP contribution in [0.1, 0.15) is 0 Å². The minimum atomic E-state index is -0.263. The summed E-state index contributed by atoms with van der Waals surface area (Å²) in [6.07, 6.45) is 4.54. The highest BCUT2D eigenvalue weighted by molar-refractivity contribution is 5.31. The molecule has 76 valence electrons. The van der Waals surface area contributed by atoms with Gasteiger partial charge >= 0.3 is 5.69 Å². The fourth-order valence-corrected chi connectivity index (χ4v) is 1.21. The summed E-state index contributed by atoms with van der Waals surface area (Å²) in [4.78, 5) is 18.1. The van der Waals surface area contributed by atoms with Crippen molar-refractivity contribution >= 4 is 5.65 Å². The van der Waals surface area contributed by atoms with Crippen molar-refractivity contribution in [3.05, 3.63) is 39.5 Å². The van der Waals surface area contributed by atoms with Crippen LogP contribution in [-0.4, -0.2) is 25.7 Å². The first-order valence-corrected chi connectivity index (χ1v) is 4.23. The molecule has 0 amide bonds. The Morgan fingerprint density at radius 1 is 1.60 bits per heavy atom. The summed E-state index contributed by atoms with van der Waals surface area (Å²) in [6.45, 7) is 0.471. The maximum atomic E-state index is 11.6. The van der Waals surface area contributed by atoms with Gasteiger partial charge in [0.15, 0.2) is 5.65 Å². The van der Waals surface area contributed by atoms with E-state index in [-0.39, 0.29) is 18.8 Å². The molecule has 0 atom stereocenters. The molecule has 0 aromatic carbocycles. The molecule has 8 heteroatoms. The second-order valence-electron chi connectivity index (χ2n) is 2.76. The SMILES string of the molecule is [N-]=[N+]=NCCn1nc2cnccn2c1=O. The van der Waals surface area contributed by atoms with Crippen molar-refractivity contribution in [1.29, 1.82) is 0 Å². The van der Waals surface area contributed by atoms with Gasteiger partial charge in [0.05, 0.1) is 12.7 Å². The minimum Gasteiger partial charge on any atom is -0.259 e. The largest absolute Gasteiger partial charge is 0.350 e. The summed E-state index contributed by atoms with van der Waals surface area (Å²) in [5.41, 5.74) is 8.30. The number of hydrogen-bond acceptors (Lipinski definition) is 4. The lowest BCUT2D eigenvalue weighted by molar-refractivity contribution is 0.601. The summed E-state index contributed by atoms with van der Waals surface area (Å²) in [6, 6.07) is 0. The molecule has 8 nitrogen and oxygen atoms in total. The van der Waals surface area contributed by atoms with Crippen molar-refractivity contribution in [3.63, 3.8) is 0 Å². The monoisotopic (exact) mass is 205 g/mol. The molecular weight excluding hydrogens is 198 g/mol. The molecule has 2 heterocycles. The van der Waals surface area contributed by atoms with E-state index in [0.29, 0.717) is 5.65 Å². The average Bonchev–Trinajstić information content (AvgIpc) is 2.57. The van der Waals surface area contributed by atoms with E-state index in [9.17, 15) is 4.79 Å². The first-order chi connectivity index (χ1) is 7.33. The Kier molecular flexibility index (Phi) is 2.34. The standard InChI is InChI=1S/C7H7N7O/c8-12-10-2-4-14-7(15)13-3-1-9-5-6(13)11-14/h1,3,5H,2,4H2. The summed E-state index contributed by atoms with van der Waals surface area (Å²) >= 11 is 0. The molecule has 0 saturated heterocycles. The summed E-state index contributed by atoms with van der Waals surface area (Å²) in [5.74, 6) is 0. The molecule has 0 saturated carbocycles. The molecule has 0 unspecified atom stereocenters. The first kappa shape index (κ1) is 9.22. The zero-order valence-electron chi connectivity index (χ0n) is 7.69. The van der Waals surface area contributed by atoms with Crippen molar-refractivity contribution in [2.45, 2.75) is 6.54 Å². The van der Waals surface area contributed by atoms with Crippen LogP contribution in [0.4, 0.5) is 0 Å². The third-order valence-electron chi connectivity index (χ3n) is 1.86. The Balaban J connectivity index is 2.40. The molecule has 2 aromatic rings. The normalized spacial score (nSPS) is 10.1. The number of hydrogen-bond donors (Lipinski definition) is 0. The van der Waals surface area contributed by atoms with E-state index >= 15 is 0 Å². The third kappa shape index (κ3) is 1.65. The number of fused-ring (bicyclic) bond motifs is 1. The fourth-order valence-electron chi connectivity index (χ4n) is 1.21. The van der Waals surface area contributed by atoms with E-state index in [0.717, 1.165) is 0 Å². The van der Waals surface area contributed by atoms with Crippen molar-refractivity contribution in [3.8, 4) is 0 Å². The molecule has 2 aromatic heterocycles. The van der Waals surface area contributed by atoms with E-state index in [4.69, 9.17) is 5.53 Å². The molecule has 0 N–H and O–H groups in total. The van der Waals surface area contributed by atoms with Gasteiger partial charge in [-0.1, -0.05) is 5.11 Å². The van der Waals surface area contributed by atoms with E-state index < -0.39 is 0 Å². The van der Waals surface area contributed by atoms with Gasteiger partial charge in [-0.15, -0.1) is 5.10 Å². The van der Waals surface area contributed by atoms with Crippen LogP contribution >= 0.6 is 0 Å². The average molecular weight is 205 g/mol. The van der Waals surface area contributed by atoms with Crippen LogP contribution in [-0.2, 0) is 6.54 Å². The predicted octanol–water partition coefficient (Wildman–Crippen LogP) is 0.201. The van der Waals surface area contributed by atoms with Gasteiger partial charge in [0.25, 0.3) is 0 Å². The van der Waals surface area contributed by atoms with E-state index in [1.54, 1.807) is 0 Å². The Labute approximate surface area is 83.4 Å². The zero-order valence-corrected chi connectivity index (χ0v) is 7.69. The lowest BCUT2D eigenvalue weighted by Crippen LogP contribution is -2.22. The highest BCUT2D eigenvalue weighted by atomic mass is 16.2.